The Labute approximate surface area is 114 Å². The van der Waals surface area contributed by atoms with Crippen LogP contribution in [0.2, 0.25) is 5.02 Å². The van der Waals surface area contributed by atoms with E-state index < -0.39 is 0 Å². The summed E-state index contributed by atoms with van der Waals surface area (Å²) in [4.78, 5) is 0. The van der Waals surface area contributed by atoms with Gasteiger partial charge >= 0.3 is 0 Å². The van der Waals surface area contributed by atoms with Gasteiger partial charge in [-0.05, 0) is 36.8 Å². The Morgan fingerprint density at radius 2 is 1.50 bits per heavy atom. The van der Waals surface area contributed by atoms with Crippen molar-refractivity contribution in [3.63, 3.8) is 0 Å². The van der Waals surface area contributed by atoms with E-state index in [0.717, 1.165) is 10.7 Å². The van der Waals surface area contributed by atoms with Crippen LogP contribution in [0.25, 0.3) is 0 Å². The maximum Gasteiger partial charge on any atom is 0.0406 e. The summed E-state index contributed by atoms with van der Waals surface area (Å²) < 4.78 is 0. The number of hydrogen-bond donors (Lipinski definition) is 1. The lowest BCUT2D eigenvalue weighted by Gasteiger charge is -2.23. The molecule has 2 unspecified atom stereocenters. The third-order valence-corrected chi connectivity index (χ3v) is 3.57. The maximum atomic E-state index is 5.91. The van der Waals surface area contributed by atoms with E-state index in [4.69, 9.17) is 11.6 Å². The molecule has 1 N–H and O–H groups in total. The molecule has 1 nitrogen and oxygen atoms in total. The topological polar surface area (TPSA) is 12.0 Å². The Morgan fingerprint density at radius 1 is 0.889 bits per heavy atom. The number of nitrogens with one attached hydrogen (secondary N) is 1. The standard InChI is InChI=1S/C16H18ClN/c1-12(14-8-10-15(17)11-9-14)13(2)18-16-6-4-3-5-7-16/h3-13,18H,1-2H3. The summed E-state index contributed by atoms with van der Waals surface area (Å²) in [5.41, 5.74) is 2.46. The molecule has 0 aromatic heterocycles. The summed E-state index contributed by atoms with van der Waals surface area (Å²) in [6.45, 7) is 4.43. The highest BCUT2D eigenvalue weighted by molar-refractivity contribution is 6.30. The SMILES string of the molecule is CC(Nc1ccccc1)C(C)c1ccc(Cl)cc1. The summed E-state index contributed by atoms with van der Waals surface area (Å²) in [5.74, 6) is 0.433. The molecule has 0 aliphatic heterocycles. The molecule has 0 aliphatic rings. The fourth-order valence-corrected chi connectivity index (χ4v) is 2.10. The lowest BCUT2D eigenvalue weighted by molar-refractivity contribution is 0.650. The van der Waals surface area contributed by atoms with Gasteiger partial charge in [0.2, 0.25) is 0 Å². The lowest BCUT2D eigenvalue weighted by atomic mass is 9.94. The molecule has 0 radical (unpaired) electrons. The van der Waals surface area contributed by atoms with Crippen LogP contribution in [0.4, 0.5) is 5.69 Å². The first kappa shape index (κ1) is 13.0. The maximum absolute atomic E-state index is 5.91. The third-order valence-electron chi connectivity index (χ3n) is 3.31. The van der Waals surface area contributed by atoms with E-state index >= 15 is 0 Å². The average molecular weight is 260 g/mol. The second-order valence-corrected chi connectivity index (χ2v) is 5.08. The molecule has 2 atom stereocenters. The highest BCUT2D eigenvalue weighted by Gasteiger charge is 2.13. The molecular formula is C16H18ClN. The van der Waals surface area contributed by atoms with E-state index in [1.54, 1.807) is 0 Å². The Morgan fingerprint density at radius 3 is 2.11 bits per heavy atom. The largest absolute Gasteiger partial charge is 0.382 e. The fraction of sp³-hybridized carbons (Fsp3) is 0.250. The third kappa shape index (κ3) is 3.27. The number of halogens is 1. The van der Waals surface area contributed by atoms with Gasteiger partial charge < -0.3 is 5.32 Å². The molecule has 0 fully saturated rings. The Kier molecular flexibility index (Phi) is 4.27. The first-order valence-electron chi connectivity index (χ1n) is 6.24. The molecule has 2 aromatic carbocycles. The highest BCUT2D eigenvalue weighted by Crippen LogP contribution is 2.23. The molecule has 0 aliphatic carbocycles. The monoisotopic (exact) mass is 259 g/mol. The normalized spacial score (nSPS) is 13.9. The van der Waals surface area contributed by atoms with Gasteiger partial charge in [0.1, 0.15) is 0 Å². The molecule has 18 heavy (non-hydrogen) atoms. The van der Waals surface area contributed by atoms with E-state index in [9.17, 15) is 0 Å². The highest BCUT2D eigenvalue weighted by atomic mass is 35.5. The molecule has 2 rings (SSSR count). The summed E-state index contributed by atoms with van der Waals surface area (Å²) in [6, 6.07) is 18.7. The van der Waals surface area contributed by atoms with Crippen molar-refractivity contribution in [3.8, 4) is 0 Å². The van der Waals surface area contributed by atoms with Crippen molar-refractivity contribution in [3.05, 3.63) is 65.2 Å². The van der Waals surface area contributed by atoms with Crippen molar-refractivity contribution in [1.82, 2.24) is 0 Å². The van der Waals surface area contributed by atoms with Gasteiger partial charge in [-0.25, -0.2) is 0 Å². The second-order valence-electron chi connectivity index (χ2n) is 4.64. The molecular weight excluding hydrogens is 242 g/mol. The van der Waals surface area contributed by atoms with E-state index in [1.165, 1.54) is 5.56 Å². The van der Waals surface area contributed by atoms with Crippen molar-refractivity contribution in [2.24, 2.45) is 0 Å². The molecule has 0 saturated carbocycles. The van der Waals surface area contributed by atoms with Crippen LogP contribution in [-0.2, 0) is 0 Å². The molecule has 0 bridgehead atoms. The number of benzene rings is 2. The van der Waals surface area contributed by atoms with Gasteiger partial charge in [-0.15, -0.1) is 0 Å². The van der Waals surface area contributed by atoms with Crippen LogP contribution in [0.1, 0.15) is 25.3 Å². The minimum Gasteiger partial charge on any atom is -0.382 e. The molecule has 94 valence electrons. The Balaban J connectivity index is 2.05. The van der Waals surface area contributed by atoms with Crippen LogP contribution in [0.3, 0.4) is 0 Å². The first-order valence-corrected chi connectivity index (χ1v) is 6.61. The molecule has 0 saturated heterocycles. The van der Waals surface area contributed by atoms with Crippen molar-refractivity contribution < 1.29 is 0 Å². The quantitative estimate of drug-likeness (QED) is 0.820. The van der Waals surface area contributed by atoms with Gasteiger partial charge in [-0.1, -0.05) is 48.9 Å². The molecule has 2 heteroatoms. The Hall–Kier alpha value is -1.47. The fourth-order valence-electron chi connectivity index (χ4n) is 1.98. The molecule has 0 amide bonds. The number of rotatable bonds is 4. The molecule has 0 spiro atoms. The molecule has 2 aromatic rings. The van der Waals surface area contributed by atoms with Gasteiger partial charge in [-0.2, -0.15) is 0 Å². The zero-order valence-corrected chi connectivity index (χ0v) is 11.5. The van der Waals surface area contributed by atoms with Crippen LogP contribution >= 0.6 is 11.6 Å². The minimum absolute atomic E-state index is 0.369. The number of para-hydroxylation sites is 1. The number of anilines is 1. The Bertz CT molecular complexity index is 478. The van der Waals surface area contributed by atoms with E-state index in [1.807, 2.05) is 30.3 Å². The van der Waals surface area contributed by atoms with E-state index in [0.29, 0.717) is 12.0 Å². The lowest BCUT2D eigenvalue weighted by Crippen LogP contribution is -2.22. The summed E-state index contributed by atoms with van der Waals surface area (Å²) >= 11 is 5.91. The van der Waals surface area contributed by atoms with Crippen molar-refractivity contribution in [1.29, 1.82) is 0 Å². The van der Waals surface area contributed by atoms with Gasteiger partial charge in [0.05, 0.1) is 0 Å². The van der Waals surface area contributed by atoms with Crippen molar-refractivity contribution >= 4 is 17.3 Å². The summed E-state index contributed by atoms with van der Waals surface area (Å²) in [6.07, 6.45) is 0. The predicted octanol–water partition coefficient (Wildman–Crippen LogP) is 4.94. The zero-order valence-electron chi connectivity index (χ0n) is 10.7. The smallest absolute Gasteiger partial charge is 0.0406 e. The average Bonchev–Trinajstić information content (AvgIpc) is 2.40. The second kappa shape index (κ2) is 5.92. The summed E-state index contributed by atoms with van der Waals surface area (Å²) in [5, 5.41) is 4.31. The van der Waals surface area contributed by atoms with Crippen molar-refractivity contribution in [2.45, 2.75) is 25.8 Å². The predicted molar refractivity (Wildman–Crippen MR) is 79.4 cm³/mol. The molecule has 0 heterocycles. The number of hydrogen-bond acceptors (Lipinski definition) is 1. The minimum atomic E-state index is 0.369. The first-order chi connectivity index (χ1) is 8.66. The van der Waals surface area contributed by atoms with E-state index in [-0.39, 0.29) is 0 Å². The van der Waals surface area contributed by atoms with Crippen LogP contribution in [0.5, 0.6) is 0 Å². The van der Waals surface area contributed by atoms with Gasteiger partial charge in [0.15, 0.2) is 0 Å². The van der Waals surface area contributed by atoms with E-state index in [2.05, 4.69) is 43.4 Å². The van der Waals surface area contributed by atoms with Gasteiger partial charge in [0, 0.05) is 22.7 Å². The zero-order chi connectivity index (χ0) is 13.0. The van der Waals surface area contributed by atoms with Crippen LogP contribution in [0, 0.1) is 0 Å². The summed E-state index contributed by atoms with van der Waals surface area (Å²) in [7, 11) is 0. The van der Waals surface area contributed by atoms with Crippen LogP contribution in [0.15, 0.2) is 54.6 Å². The van der Waals surface area contributed by atoms with Crippen LogP contribution in [-0.4, -0.2) is 6.04 Å². The van der Waals surface area contributed by atoms with Crippen LogP contribution < -0.4 is 5.32 Å². The van der Waals surface area contributed by atoms with Crippen molar-refractivity contribution in [2.75, 3.05) is 5.32 Å². The van der Waals surface area contributed by atoms with Gasteiger partial charge in [0.25, 0.3) is 0 Å². The van der Waals surface area contributed by atoms with Gasteiger partial charge in [-0.3, -0.25) is 0 Å².